The third kappa shape index (κ3) is 4.36. The van der Waals surface area contributed by atoms with Crippen molar-refractivity contribution in [1.29, 1.82) is 0 Å². The molecule has 0 aliphatic carbocycles. The van der Waals surface area contributed by atoms with E-state index in [1.807, 2.05) is 62.4 Å². The number of hydrogen-bond acceptors (Lipinski definition) is 6. The minimum Gasteiger partial charge on any atom is -0.497 e. The van der Waals surface area contributed by atoms with Gasteiger partial charge in [-0.05, 0) is 49.2 Å². The Morgan fingerprint density at radius 1 is 1.00 bits per heavy atom. The number of fused-ring (bicyclic) bond motifs is 1. The Kier molecular flexibility index (Phi) is 6.50. The molecule has 7 nitrogen and oxygen atoms in total. The number of rotatable bonds is 8. The summed E-state index contributed by atoms with van der Waals surface area (Å²) in [5.41, 5.74) is 3.98. The molecule has 0 unspecified atom stereocenters. The van der Waals surface area contributed by atoms with Crippen LogP contribution in [0.4, 0.5) is 0 Å². The van der Waals surface area contributed by atoms with Crippen LogP contribution in [-0.2, 0) is 18.8 Å². The Morgan fingerprint density at radius 2 is 1.75 bits per heavy atom. The van der Waals surface area contributed by atoms with Crippen LogP contribution in [0, 0.1) is 6.92 Å². The van der Waals surface area contributed by atoms with Crippen molar-refractivity contribution in [2.45, 2.75) is 37.8 Å². The summed E-state index contributed by atoms with van der Waals surface area (Å²) in [6, 6.07) is 15.7. The molecule has 0 aliphatic rings. The van der Waals surface area contributed by atoms with Crippen molar-refractivity contribution in [3.05, 3.63) is 75.7 Å². The first-order chi connectivity index (χ1) is 15.5. The highest BCUT2D eigenvalue weighted by Crippen LogP contribution is 2.26. The zero-order chi connectivity index (χ0) is 22.7. The van der Waals surface area contributed by atoms with E-state index in [1.165, 1.54) is 11.8 Å². The van der Waals surface area contributed by atoms with Gasteiger partial charge in [0, 0.05) is 12.3 Å². The number of thioether (sulfide) groups is 1. The van der Waals surface area contributed by atoms with Gasteiger partial charge in [0.2, 0.25) is 0 Å². The summed E-state index contributed by atoms with van der Waals surface area (Å²) in [6.45, 7) is 4.90. The summed E-state index contributed by atoms with van der Waals surface area (Å²) >= 11 is 1.54. The molecule has 0 bridgehead atoms. The van der Waals surface area contributed by atoms with Crippen LogP contribution in [0.15, 0.2) is 58.5 Å². The third-order valence-electron chi connectivity index (χ3n) is 5.28. The molecule has 0 saturated carbocycles. The fourth-order valence-electron chi connectivity index (χ4n) is 3.59. The Bertz CT molecular complexity index is 1300. The highest BCUT2D eigenvalue weighted by Gasteiger charge is 2.18. The van der Waals surface area contributed by atoms with E-state index in [9.17, 15) is 4.79 Å². The zero-order valence-corrected chi connectivity index (χ0v) is 19.5. The van der Waals surface area contributed by atoms with Gasteiger partial charge in [0.1, 0.15) is 17.0 Å². The van der Waals surface area contributed by atoms with Crippen LogP contribution in [0.5, 0.6) is 11.5 Å². The topological polar surface area (TPSA) is 71.2 Å². The van der Waals surface area contributed by atoms with Crippen molar-refractivity contribution < 1.29 is 9.47 Å². The Labute approximate surface area is 191 Å². The number of aromatic nitrogens is 4. The molecule has 0 radical (unpaired) electrons. The second kappa shape index (κ2) is 9.48. The molecule has 0 atom stereocenters. The number of nitrogens with zero attached hydrogens (tertiary/aromatic N) is 4. The number of ether oxygens (including phenoxy) is 2. The summed E-state index contributed by atoms with van der Waals surface area (Å²) in [6.07, 6.45) is 0. The third-order valence-corrected chi connectivity index (χ3v) is 6.33. The first-order valence-corrected chi connectivity index (χ1v) is 11.4. The molecule has 0 N–H and O–H groups in total. The minimum atomic E-state index is -0.0820. The maximum Gasteiger partial charge on any atom is 0.280 e. The van der Waals surface area contributed by atoms with Crippen molar-refractivity contribution in [1.82, 2.24) is 19.3 Å². The molecule has 2 aromatic heterocycles. The fraction of sp³-hybridized carbons (Fsp3) is 0.292. The van der Waals surface area contributed by atoms with Crippen LogP contribution in [0.3, 0.4) is 0 Å². The largest absolute Gasteiger partial charge is 0.497 e. The lowest BCUT2D eigenvalue weighted by Crippen LogP contribution is -2.25. The van der Waals surface area contributed by atoms with Crippen molar-refractivity contribution in [3.8, 4) is 11.5 Å². The van der Waals surface area contributed by atoms with Crippen LogP contribution in [0.1, 0.15) is 23.7 Å². The average Bonchev–Trinajstić information content (AvgIpc) is 3.15. The number of methoxy groups -OCH3 is 2. The van der Waals surface area contributed by atoms with E-state index >= 15 is 0 Å². The molecule has 4 aromatic rings. The zero-order valence-electron chi connectivity index (χ0n) is 18.7. The summed E-state index contributed by atoms with van der Waals surface area (Å²) < 4.78 is 14.1. The van der Waals surface area contributed by atoms with Gasteiger partial charge in [-0.1, -0.05) is 36.0 Å². The predicted octanol–water partition coefficient (Wildman–Crippen LogP) is 4.28. The molecule has 4 rings (SSSR count). The van der Waals surface area contributed by atoms with Crippen LogP contribution >= 0.6 is 11.8 Å². The minimum absolute atomic E-state index is 0.0820. The Balaban J connectivity index is 1.76. The Morgan fingerprint density at radius 3 is 2.44 bits per heavy atom. The molecular formula is C24H26N4O3S. The number of aryl methyl sites for hydroxylation is 2. The molecule has 0 aliphatic heterocycles. The number of hydrogen-bond donors (Lipinski definition) is 0. The van der Waals surface area contributed by atoms with Gasteiger partial charge >= 0.3 is 0 Å². The summed E-state index contributed by atoms with van der Waals surface area (Å²) in [7, 11) is 3.29. The van der Waals surface area contributed by atoms with Crippen molar-refractivity contribution in [2.24, 2.45) is 0 Å². The lowest BCUT2D eigenvalue weighted by Gasteiger charge is -2.13. The second-order valence-corrected chi connectivity index (χ2v) is 8.31. The predicted molar refractivity (Wildman–Crippen MR) is 127 cm³/mol. The van der Waals surface area contributed by atoms with E-state index in [1.54, 1.807) is 23.5 Å². The summed E-state index contributed by atoms with van der Waals surface area (Å²) in [5, 5.41) is 5.19. The first kappa shape index (κ1) is 22.0. The van der Waals surface area contributed by atoms with Crippen LogP contribution in [-0.4, -0.2) is 33.6 Å². The highest BCUT2D eigenvalue weighted by molar-refractivity contribution is 7.98. The molecule has 166 valence electrons. The standard InChI is InChI=1S/C24H26N4O3S/c1-5-28-22-21(16(2)26-28)25-24(32-15-18-7-6-8-20(13-18)31-4)27(23(22)29)14-17-9-11-19(30-3)12-10-17/h6-13H,5,14-15H2,1-4H3. The van der Waals surface area contributed by atoms with Crippen molar-refractivity contribution in [2.75, 3.05) is 14.2 Å². The quantitative estimate of drug-likeness (QED) is 0.295. The maximum absolute atomic E-state index is 13.6. The van der Waals surface area contributed by atoms with Gasteiger partial charge in [0.25, 0.3) is 5.56 Å². The average molecular weight is 451 g/mol. The number of benzene rings is 2. The SMILES string of the molecule is CCn1nc(C)c2nc(SCc3cccc(OC)c3)n(Cc3ccc(OC)cc3)c(=O)c21. The molecule has 0 saturated heterocycles. The fourth-order valence-corrected chi connectivity index (χ4v) is 4.52. The van der Waals surface area contributed by atoms with E-state index < -0.39 is 0 Å². The lowest BCUT2D eigenvalue weighted by atomic mass is 10.2. The molecule has 8 heteroatoms. The van der Waals surface area contributed by atoms with Gasteiger partial charge in [-0.15, -0.1) is 0 Å². The molecule has 32 heavy (non-hydrogen) atoms. The van der Waals surface area contributed by atoms with E-state index in [4.69, 9.17) is 14.5 Å². The van der Waals surface area contributed by atoms with E-state index in [-0.39, 0.29) is 5.56 Å². The molecular weight excluding hydrogens is 424 g/mol. The lowest BCUT2D eigenvalue weighted by molar-refractivity contribution is 0.414. The smallest absolute Gasteiger partial charge is 0.280 e. The molecule has 0 amide bonds. The highest BCUT2D eigenvalue weighted by atomic mass is 32.2. The molecule has 0 fully saturated rings. The van der Waals surface area contributed by atoms with Gasteiger partial charge in [-0.25, -0.2) is 4.98 Å². The maximum atomic E-state index is 13.6. The van der Waals surface area contributed by atoms with Crippen LogP contribution in [0.2, 0.25) is 0 Å². The second-order valence-electron chi connectivity index (χ2n) is 7.37. The van der Waals surface area contributed by atoms with Crippen molar-refractivity contribution >= 4 is 22.8 Å². The van der Waals surface area contributed by atoms with E-state index in [0.717, 1.165) is 28.3 Å². The monoisotopic (exact) mass is 450 g/mol. The van der Waals surface area contributed by atoms with E-state index in [2.05, 4.69) is 5.10 Å². The van der Waals surface area contributed by atoms with E-state index in [0.29, 0.717) is 35.0 Å². The Hall–Kier alpha value is -3.26. The van der Waals surface area contributed by atoms with Gasteiger partial charge in [-0.3, -0.25) is 14.0 Å². The van der Waals surface area contributed by atoms with Gasteiger partial charge < -0.3 is 9.47 Å². The summed E-state index contributed by atoms with van der Waals surface area (Å²) in [5.74, 6) is 2.25. The molecule has 2 heterocycles. The normalized spacial score (nSPS) is 11.1. The van der Waals surface area contributed by atoms with Crippen LogP contribution in [0.25, 0.3) is 11.0 Å². The molecule has 2 aromatic carbocycles. The van der Waals surface area contributed by atoms with Crippen LogP contribution < -0.4 is 15.0 Å². The van der Waals surface area contributed by atoms with Crippen molar-refractivity contribution in [3.63, 3.8) is 0 Å². The van der Waals surface area contributed by atoms with Gasteiger partial charge in [0.15, 0.2) is 10.7 Å². The first-order valence-electron chi connectivity index (χ1n) is 10.4. The van der Waals surface area contributed by atoms with Gasteiger partial charge in [0.05, 0.1) is 26.5 Å². The summed E-state index contributed by atoms with van der Waals surface area (Å²) in [4.78, 5) is 18.5. The molecule has 0 spiro atoms. The van der Waals surface area contributed by atoms with Gasteiger partial charge in [-0.2, -0.15) is 5.10 Å².